The Morgan fingerprint density at radius 2 is 2.18 bits per heavy atom. The molecule has 5 N–H and O–H groups in total. The lowest BCUT2D eigenvalue weighted by Crippen LogP contribution is -2.24. The van der Waals surface area contributed by atoms with Crippen LogP contribution < -0.4 is 11.1 Å². The molecule has 0 aromatic heterocycles. The number of nitrogens with zero attached hydrogens (tertiary/aromatic N) is 1. The molecule has 0 saturated carbocycles. The van der Waals surface area contributed by atoms with Gasteiger partial charge >= 0.3 is 0 Å². The van der Waals surface area contributed by atoms with Crippen LogP contribution in [-0.4, -0.2) is 29.9 Å². The van der Waals surface area contributed by atoms with E-state index >= 15 is 0 Å². The van der Waals surface area contributed by atoms with Gasteiger partial charge in [0.1, 0.15) is 12.2 Å². The molecule has 0 fully saturated rings. The number of nitrogen functional groups attached to an aromatic ring is 1. The van der Waals surface area contributed by atoms with Crippen LogP contribution in [0.4, 0.5) is 5.69 Å². The average molecular weight is 235 g/mol. The van der Waals surface area contributed by atoms with Crippen molar-refractivity contribution < 1.29 is 10.2 Å². The number of anilines is 1. The Hall–Kier alpha value is -1.61. The first kappa shape index (κ1) is 13.5. The third kappa shape index (κ3) is 3.17. The molecule has 0 amide bonds. The van der Waals surface area contributed by atoms with Crippen LogP contribution in [0.1, 0.15) is 23.7 Å². The van der Waals surface area contributed by atoms with Crippen LogP contribution in [0.25, 0.3) is 0 Å². The summed E-state index contributed by atoms with van der Waals surface area (Å²) in [5, 5.41) is 31.6. The maximum absolute atomic E-state index is 9.97. The van der Waals surface area contributed by atoms with E-state index in [0.29, 0.717) is 24.2 Å². The molecule has 0 aliphatic carbocycles. The summed E-state index contributed by atoms with van der Waals surface area (Å²) in [6.45, 7) is 0.586. The second-order valence-corrected chi connectivity index (χ2v) is 3.83. The molecule has 17 heavy (non-hydrogen) atoms. The maximum Gasteiger partial charge on any atom is 0.106 e. The number of nitrogens with two attached hydrogens (primary N) is 1. The van der Waals surface area contributed by atoms with Gasteiger partial charge < -0.3 is 21.3 Å². The predicted molar refractivity (Wildman–Crippen MR) is 65.1 cm³/mol. The van der Waals surface area contributed by atoms with Gasteiger partial charge in [-0.25, -0.2) is 0 Å². The number of hydrogen-bond acceptors (Lipinski definition) is 5. The van der Waals surface area contributed by atoms with E-state index in [-0.39, 0.29) is 5.56 Å². The zero-order valence-electron chi connectivity index (χ0n) is 9.72. The number of hydrogen-bond donors (Lipinski definition) is 4. The van der Waals surface area contributed by atoms with Crippen LogP contribution in [0.2, 0.25) is 0 Å². The average Bonchev–Trinajstić information content (AvgIpc) is 2.34. The van der Waals surface area contributed by atoms with E-state index in [4.69, 9.17) is 11.0 Å². The van der Waals surface area contributed by atoms with Crippen LogP contribution in [0.3, 0.4) is 0 Å². The van der Waals surface area contributed by atoms with Gasteiger partial charge in [-0.2, -0.15) is 5.26 Å². The van der Waals surface area contributed by atoms with E-state index in [9.17, 15) is 10.2 Å². The van der Waals surface area contributed by atoms with E-state index in [1.165, 1.54) is 0 Å². The van der Waals surface area contributed by atoms with E-state index in [1.54, 1.807) is 25.2 Å². The number of aliphatic hydroxyl groups excluding tert-OH is 2. The molecular formula is C12H17N3O2. The van der Waals surface area contributed by atoms with Gasteiger partial charge in [0.05, 0.1) is 11.7 Å². The molecule has 92 valence electrons. The lowest BCUT2D eigenvalue weighted by atomic mass is 9.96. The highest BCUT2D eigenvalue weighted by Crippen LogP contribution is 2.25. The topological polar surface area (TPSA) is 102 Å². The lowest BCUT2D eigenvalue weighted by molar-refractivity contribution is 0.0139. The van der Waals surface area contributed by atoms with Gasteiger partial charge in [-0.15, -0.1) is 0 Å². The second-order valence-electron chi connectivity index (χ2n) is 3.83. The summed E-state index contributed by atoms with van der Waals surface area (Å²) in [5.41, 5.74) is 6.55. The third-order valence-corrected chi connectivity index (χ3v) is 2.61. The highest BCUT2D eigenvalue weighted by Gasteiger charge is 2.21. The first-order valence-corrected chi connectivity index (χ1v) is 5.41. The van der Waals surface area contributed by atoms with Crippen molar-refractivity contribution >= 4 is 5.69 Å². The smallest absolute Gasteiger partial charge is 0.106 e. The highest BCUT2D eigenvalue weighted by atomic mass is 16.3. The van der Waals surface area contributed by atoms with Gasteiger partial charge in [0, 0.05) is 11.3 Å². The molecule has 5 heteroatoms. The lowest BCUT2D eigenvalue weighted by Gasteiger charge is -2.19. The highest BCUT2D eigenvalue weighted by molar-refractivity contribution is 5.58. The molecular weight excluding hydrogens is 218 g/mol. The monoisotopic (exact) mass is 235 g/mol. The van der Waals surface area contributed by atoms with Crippen molar-refractivity contribution in [3.05, 3.63) is 29.3 Å². The van der Waals surface area contributed by atoms with Crippen LogP contribution in [0.15, 0.2) is 18.2 Å². The minimum atomic E-state index is -1.10. The van der Waals surface area contributed by atoms with Gasteiger partial charge in [-0.1, -0.05) is 12.1 Å². The molecule has 0 aliphatic rings. The number of nitrogens with one attached hydrogen (secondary N) is 1. The largest absolute Gasteiger partial charge is 0.398 e. The summed E-state index contributed by atoms with van der Waals surface area (Å²) in [5.74, 6) is 0. The van der Waals surface area contributed by atoms with E-state index in [1.807, 2.05) is 6.07 Å². The Morgan fingerprint density at radius 3 is 2.76 bits per heavy atom. The predicted octanol–water partition coefficient (Wildman–Crippen LogP) is 0.144. The fourth-order valence-electron chi connectivity index (χ4n) is 1.62. The van der Waals surface area contributed by atoms with Gasteiger partial charge in [-0.05, 0) is 26.1 Å². The standard InChI is InChI=1S/C12H17N3O2/c1-15-6-5-11(16)12(17)8-3-2-4-10(14)9(8)7-13/h2-4,11-12,15-17H,5-6,14H2,1H3. The normalized spacial score (nSPS) is 14.0. The van der Waals surface area contributed by atoms with Crippen molar-refractivity contribution in [2.24, 2.45) is 0 Å². The molecule has 1 rings (SSSR count). The molecule has 2 atom stereocenters. The van der Waals surface area contributed by atoms with E-state index in [0.717, 1.165) is 0 Å². The molecule has 5 nitrogen and oxygen atoms in total. The summed E-state index contributed by atoms with van der Waals surface area (Å²) < 4.78 is 0. The Kier molecular flexibility index (Phi) is 4.91. The van der Waals surface area contributed by atoms with Crippen molar-refractivity contribution in [2.45, 2.75) is 18.6 Å². The first-order valence-electron chi connectivity index (χ1n) is 5.41. The molecule has 0 aliphatic heterocycles. The maximum atomic E-state index is 9.97. The summed E-state index contributed by atoms with van der Waals surface area (Å²) in [7, 11) is 1.76. The minimum absolute atomic E-state index is 0.225. The van der Waals surface area contributed by atoms with Crippen molar-refractivity contribution in [1.82, 2.24) is 5.32 Å². The Bertz CT molecular complexity index is 415. The molecule has 1 aromatic carbocycles. The summed E-state index contributed by atoms with van der Waals surface area (Å²) in [6.07, 6.45) is -1.62. The molecule has 2 unspecified atom stereocenters. The molecule has 1 aromatic rings. The van der Waals surface area contributed by atoms with Gasteiger partial charge in [-0.3, -0.25) is 0 Å². The number of rotatable bonds is 5. The van der Waals surface area contributed by atoms with Gasteiger partial charge in [0.25, 0.3) is 0 Å². The Balaban J connectivity index is 2.92. The summed E-state index contributed by atoms with van der Waals surface area (Å²) in [4.78, 5) is 0. The fraction of sp³-hybridized carbons (Fsp3) is 0.417. The Morgan fingerprint density at radius 1 is 1.47 bits per heavy atom. The van der Waals surface area contributed by atoms with Crippen molar-refractivity contribution in [3.8, 4) is 6.07 Å². The minimum Gasteiger partial charge on any atom is -0.398 e. The van der Waals surface area contributed by atoms with Crippen LogP contribution in [-0.2, 0) is 0 Å². The molecule has 0 spiro atoms. The number of benzene rings is 1. The van der Waals surface area contributed by atoms with Crippen LogP contribution in [0, 0.1) is 11.3 Å². The molecule has 0 saturated heterocycles. The van der Waals surface area contributed by atoms with E-state index < -0.39 is 12.2 Å². The zero-order valence-corrected chi connectivity index (χ0v) is 9.72. The fourth-order valence-corrected chi connectivity index (χ4v) is 1.62. The summed E-state index contributed by atoms with van der Waals surface area (Å²) in [6, 6.07) is 6.79. The van der Waals surface area contributed by atoms with Crippen LogP contribution >= 0.6 is 0 Å². The van der Waals surface area contributed by atoms with E-state index in [2.05, 4.69) is 5.32 Å². The summed E-state index contributed by atoms with van der Waals surface area (Å²) >= 11 is 0. The van der Waals surface area contributed by atoms with Gasteiger partial charge in [0.2, 0.25) is 0 Å². The van der Waals surface area contributed by atoms with Crippen molar-refractivity contribution in [2.75, 3.05) is 19.3 Å². The third-order valence-electron chi connectivity index (χ3n) is 2.61. The molecule has 0 radical (unpaired) electrons. The van der Waals surface area contributed by atoms with Crippen molar-refractivity contribution in [3.63, 3.8) is 0 Å². The van der Waals surface area contributed by atoms with Crippen molar-refractivity contribution in [1.29, 1.82) is 5.26 Å². The molecule has 0 heterocycles. The van der Waals surface area contributed by atoms with Crippen LogP contribution in [0.5, 0.6) is 0 Å². The SMILES string of the molecule is CNCCC(O)C(O)c1cccc(N)c1C#N. The quantitative estimate of drug-likeness (QED) is 0.544. The zero-order chi connectivity index (χ0) is 12.8. The Labute approximate surface area is 100 Å². The number of aliphatic hydroxyl groups is 2. The molecule has 0 bridgehead atoms. The second kappa shape index (κ2) is 6.21. The van der Waals surface area contributed by atoms with Gasteiger partial charge in [0.15, 0.2) is 0 Å². The first-order chi connectivity index (χ1) is 8.11. The number of nitriles is 1.